The van der Waals surface area contributed by atoms with Crippen molar-refractivity contribution in [1.82, 2.24) is 9.97 Å². The Morgan fingerprint density at radius 2 is 2.36 bits per heavy atom. The summed E-state index contributed by atoms with van der Waals surface area (Å²) in [7, 11) is 0. The van der Waals surface area contributed by atoms with E-state index < -0.39 is 0 Å². The summed E-state index contributed by atoms with van der Waals surface area (Å²) in [5.74, 6) is -0.0865. The minimum atomic E-state index is -0.0862. The third-order valence-electron chi connectivity index (χ3n) is 4.96. The van der Waals surface area contributed by atoms with Gasteiger partial charge in [-0.3, -0.25) is 4.79 Å². The van der Waals surface area contributed by atoms with Gasteiger partial charge in [0.25, 0.3) is 0 Å². The molecule has 2 aromatic rings. The van der Waals surface area contributed by atoms with Gasteiger partial charge in [0.2, 0.25) is 5.91 Å². The molecule has 2 fully saturated rings. The fraction of sp³-hybridized carbons (Fsp3) is 0.529. The summed E-state index contributed by atoms with van der Waals surface area (Å²) in [6.45, 7) is 2.88. The van der Waals surface area contributed by atoms with Crippen LogP contribution in [0, 0.1) is 5.92 Å². The van der Waals surface area contributed by atoms with Gasteiger partial charge >= 0.3 is 0 Å². The van der Waals surface area contributed by atoms with Crippen molar-refractivity contribution in [2.45, 2.75) is 25.3 Å². The third-order valence-corrected chi connectivity index (χ3v) is 5.54. The quantitative estimate of drug-likeness (QED) is 0.724. The maximum atomic E-state index is 12.5. The highest BCUT2D eigenvalue weighted by molar-refractivity contribution is 9.10. The average Bonchev–Trinajstić information content (AvgIpc) is 3.25. The molecular weight excluding hydrogens is 386 g/mol. The average molecular weight is 408 g/mol. The summed E-state index contributed by atoms with van der Waals surface area (Å²) in [4.78, 5) is 22.4. The second-order valence-corrected chi connectivity index (χ2v) is 7.63. The summed E-state index contributed by atoms with van der Waals surface area (Å²) >= 11 is 3.63. The number of piperidine rings is 1. The molecule has 4 rings (SSSR count). The SMILES string of the molecule is NC1CCCN(c2c(Br)cnc3[nH]cc(NC(=O)C4CCOC4)c23)C1. The van der Waals surface area contributed by atoms with Crippen molar-refractivity contribution >= 4 is 44.2 Å². The number of carbonyl (C=O) groups excluding carboxylic acids is 1. The molecule has 134 valence electrons. The van der Waals surface area contributed by atoms with Crippen LogP contribution in [0.3, 0.4) is 0 Å². The highest BCUT2D eigenvalue weighted by atomic mass is 79.9. The van der Waals surface area contributed by atoms with Gasteiger partial charge in [-0.15, -0.1) is 0 Å². The van der Waals surface area contributed by atoms with E-state index in [0.717, 1.165) is 59.2 Å². The summed E-state index contributed by atoms with van der Waals surface area (Å²) in [6, 6.07) is 0.163. The zero-order valence-electron chi connectivity index (χ0n) is 13.9. The van der Waals surface area contributed by atoms with E-state index in [1.54, 1.807) is 6.20 Å². The fourth-order valence-electron chi connectivity index (χ4n) is 3.65. The Morgan fingerprint density at radius 1 is 1.48 bits per heavy atom. The fourth-order valence-corrected chi connectivity index (χ4v) is 4.20. The lowest BCUT2D eigenvalue weighted by Crippen LogP contribution is -2.43. The van der Waals surface area contributed by atoms with Gasteiger partial charge in [0.15, 0.2) is 0 Å². The van der Waals surface area contributed by atoms with E-state index in [-0.39, 0.29) is 17.9 Å². The number of nitrogens with two attached hydrogens (primary N) is 1. The van der Waals surface area contributed by atoms with Gasteiger partial charge in [0.05, 0.1) is 33.8 Å². The maximum absolute atomic E-state index is 12.5. The molecule has 2 aromatic heterocycles. The van der Waals surface area contributed by atoms with Gasteiger partial charge in [-0.05, 0) is 35.2 Å². The summed E-state index contributed by atoms with van der Waals surface area (Å²) in [5.41, 5.74) is 8.73. The Balaban J connectivity index is 1.70. The number of aromatic amines is 1. The third kappa shape index (κ3) is 3.26. The van der Waals surface area contributed by atoms with E-state index in [4.69, 9.17) is 10.5 Å². The largest absolute Gasteiger partial charge is 0.381 e. The van der Waals surface area contributed by atoms with Crippen molar-refractivity contribution in [3.8, 4) is 0 Å². The lowest BCUT2D eigenvalue weighted by molar-refractivity contribution is -0.119. The minimum Gasteiger partial charge on any atom is -0.381 e. The molecule has 2 aliphatic rings. The second kappa shape index (κ2) is 6.93. The van der Waals surface area contributed by atoms with Crippen LogP contribution in [0.15, 0.2) is 16.9 Å². The Hall–Kier alpha value is -1.64. The number of hydrogen-bond acceptors (Lipinski definition) is 5. The molecule has 2 unspecified atom stereocenters. The molecule has 2 aliphatic heterocycles. The van der Waals surface area contributed by atoms with Crippen LogP contribution >= 0.6 is 15.9 Å². The first-order valence-electron chi connectivity index (χ1n) is 8.68. The van der Waals surface area contributed by atoms with Crippen LogP contribution in [0.4, 0.5) is 11.4 Å². The molecule has 0 bridgehead atoms. The van der Waals surface area contributed by atoms with Crippen LogP contribution in [0.1, 0.15) is 19.3 Å². The monoisotopic (exact) mass is 407 g/mol. The number of halogens is 1. The van der Waals surface area contributed by atoms with Crippen LogP contribution in [0.25, 0.3) is 11.0 Å². The molecule has 0 spiro atoms. The van der Waals surface area contributed by atoms with Crippen molar-refractivity contribution in [3.63, 3.8) is 0 Å². The van der Waals surface area contributed by atoms with E-state index in [0.29, 0.717) is 13.2 Å². The number of anilines is 2. The van der Waals surface area contributed by atoms with E-state index >= 15 is 0 Å². The van der Waals surface area contributed by atoms with Gasteiger partial charge in [0, 0.05) is 38.1 Å². The molecule has 0 radical (unpaired) electrons. The Kier molecular flexibility index (Phi) is 4.66. The lowest BCUT2D eigenvalue weighted by atomic mass is 10.0. The number of rotatable bonds is 3. The van der Waals surface area contributed by atoms with Crippen molar-refractivity contribution in [3.05, 3.63) is 16.9 Å². The molecule has 4 N–H and O–H groups in total. The van der Waals surface area contributed by atoms with Crippen LogP contribution in [-0.4, -0.2) is 48.2 Å². The number of fused-ring (bicyclic) bond motifs is 1. The molecule has 0 saturated carbocycles. The Labute approximate surface area is 154 Å². The summed E-state index contributed by atoms with van der Waals surface area (Å²) < 4.78 is 6.23. The molecular formula is C17H22BrN5O2. The molecule has 4 heterocycles. The Morgan fingerprint density at radius 3 is 3.12 bits per heavy atom. The van der Waals surface area contributed by atoms with Crippen molar-refractivity contribution in [1.29, 1.82) is 0 Å². The number of amides is 1. The number of aromatic nitrogens is 2. The predicted molar refractivity (Wildman–Crippen MR) is 101 cm³/mol. The molecule has 2 saturated heterocycles. The smallest absolute Gasteiger partial charge is 0.229 e. The summed E-state index contributed by atoms with van der Waals surface area (Å²) in [6.07, 6.45) is 6.48. The number of nitrogens with zero attached hydrogens (tertiary/aromatic N) is 2. The minimum absolute atomic E-state index is 0.000305. The first kappa shape index (κ1) is 16.8. The van der Waals surface area contributed by atoms with E-state index in [1.807, 2.05) is 6.20 Å². The molecule has 0 aromatic carbocycles. The highest BCUT2D eigenvalue weighted by Gasteiger charge is 2.27. The number of ether oxygens (including phenoxy) is 1. The molecule has 8 heteroatoms. The number of pyridine rings is 1. The molecule has 25 heavy (non-hydrogen) atoms. The van der Waals surface area contributed by atoms with Crippen LogP contribution < -0.4 is 16.0 Å². The normalized spacial score (nSPS) is 24.0. The number of carbonyl (C=O) groups is 1. The standard InChI is InChI=1S/C17H22BrN5O2/c18-12-6-20-16-14(15(12)23-4-1-2-11(19)8-23)13(7-21-16)22-17(24)10-3-5-25-9-10/h6-7,10-11H,1-5,8-9,19H2,(H,20,21)(H,22,24). The highest BCUT2D eigenvalue weighted by Crippen LogP contribution is 2.39. The number of H-pyrrole nitrogens is 1. The van der Waals surface area contributed by atoms with Crippen molar-refractivity contribution in [2.75, 3.05) is 36.5 Å². The van der Waals surface area contributed by atoms with E-state index in [9.17, 15) is 4.79 Å². The molecule has 2 atom stereocenters. The predicted octanol–water partition coefficient (Wildman–Crippen LogP) is 2.23. The van der Waals surface area contributed by atoms with Gasteiger partial charge in [-0.25, -0.2) is 4.98 Å². The van der Waals surface area contributed by atoms with E-state index in [2.05, 4.69) is 36.1 Å². The van der Waals surface area contributed by atoms with Crippen molar-refractivity contribution < 1.29 is 9.53 Å². The van der Waals surface area contributed by atoms with Crippen LogP contribution in [-0.2, 0) is 9.53 Å². The zero-order chi connectivity index (χ0) is 17.4. The second-order valence-electron chi connectivity index (χ2n) is 6.78. The lowest BCUT2D eigenvalue weighted by Gasteiger charge is -2.33. The topological polar surface area (TPSA) is 96.3 Å². The number of nitrogens with one attached hydrogen (secondary N) is 2. The maximum Gasteiger partial charge on any atom is 0.229 e. The van der Waals surface area contributed by atoms with Crippen LogP contribution in [0.5, 0.6) is 0 Å². The first-order valence-corrected chi connectivity index (χ1v) is 9.47. The van der Waals surface area contributed by atoms with Gasteiger partial charge in [0.1, 0.15) is 5.65 Å². The molecule has 0 aliphatic carbocycles. The van der Waals surface area contributed by atoms with Gasteiger partial charge < -0.3 is 25.7 Å². The van der Waals surface area contributed by atoms with Gasteiger partial charge in [-0.1, -0.05) is 0 Å². The first-order chi connectivity index (χ1) is 12.1. The van der Waals surface area contributed by atoms with Crippen molar-refractivity contribution in [2.24, 2.45) is 11.7 Å². The van der Waals surface area contributed by atoms with Gasteiger partial charge in [-0.2, -0.15) is 0 Å². The Bertz CT molecular complexity index is 787. The van der Waals surface area contributed by atoms with Crippen LogP contribution in [0.2, 0.25) is 0 Å². The summed E-state index contributed by atoms with van der Waals surface area (Å²) in [5, 5.41) is 3.98. The molecule has 7 nitrogen and oxygen atoms in total. The molecule has 1 amide bonds. The zero-order valence-corrected chi connectivity index (χ0v) is 15.5. The number of hydrogen-bond donors (Lipinski definition) is 3. The van der Waals surface area contributed by atoms with E-state index in [1.165, 1.54) is 0 Å².